The highest BCUT2D eigenvalue weighted by Gasteiger charge is 2.28. The minimum absolute atomic E-state index is 0.0102. The summed E-state index contributed by atoms with van der Waals surface area (Å²) in [6.07, 6.45) is 0. The third kappa shape index (κ3) is 5.11. The predicted octanol–water partition coefficient (Wildman–Crippen LogP) is 6.06. The molecular weight excluding hydrogens is 480 g/mol. The highest BCUT2D eigenvalue weighted by Crippen LogP contribution is 2.40. The van der Waals surface area contributed by atoms with Crippen LogP contribution < -0.4 is 5.62 Å². The number of nitrogens with zero attached hydrogens (tertiary/aromatic N) is 3. The number of nitro groups is 1. The summed E-state index contributed by atoms with van der Waals surface area (Å²) in [5, 5.41) is 31.0. The van der Waals surface area contributed by atoms with Crippen LogP contribution in [0.4, 0.5) is 5.69 Å². The third-order valence-corrected chi connectivity index (χ3v) is 6.81. The fourth-order valence-electron chi connectivity index (χ4n) is 4.69. The van der Waals surface area contributed by atoms with Crippen LogP contribution in [0.2, 0.25) is 0 Å². The van der Waals surface area contributed by atoms with E-state index in [1.807, 2.05) is 65.8 Å². The summed E-state index contributed by atoms with van der Waals surface area (Å²) in [5.74, 6) is 0.0628. The summed E-state index contributed by atoms with van der Waals surface area (Å²) in [6.45, 7) is 12.3. The van der Waals surface area contributed by atoms with Gasteiger partial charge in [0.25, 0.3) is 5.69 Å². The van der Waals surface area contributed by atoms with Gasteiger partial charge in [-0.3, -0.25) is 20.3 Å². The number of benzene rings is 3. The molecule has 8 heteroatoms. The number of hydrogen-bond donors (Lipinski definition) is 2. The van der Waals surface area contributed by atoms with Gasteiger partial charge in [0.2, 0.25) is 5.62 Å². The van der Waals surface area contributed by atoms with E-state index in [0.717, 1.165) is 16.6 Å². The summed E-state index contributed by atoms with van der Waals surface area (Å²) in [4.78, 5) is 24.3. The molecule has 0 saturated carbocycles. The Morgan fingerprint density at radius 1 is 0.895 bits per heavy atom. The fraction of sp³-hybridized carbons (Fsp3) is 0.333. The van der Waals surface area contributed by atoms with Crippen LogP contribution in [0.5, 0.6) is 5.75 Å². The molecule has 198 valence electrons. The number of nitrogens with one attached hydrogen (secondary N) is 1. The van der Waals surface area contributed by atoms with E-state index in [1.54, 1.807) is 33.4 Å². The lowest BCUT2D eigenvalue weighted by molar-refractivity contribution is -0.384. The van der Waals surface area contributed by atoms with Crippen LogP contribution in [0.15, 0.2) is 60.7 Å². The molecule has 3 aromatic carbocycles. The number of imidazole rings is 1. The lowest BCUT2D eigenvalue weighted by Gasteiger charge is -2.28. The Kier molecular flexibility index (Phi) is 6.78. The maximum Gasteiger partial charge on any atom is 0.269 e. The zero-order valence-electron chi connectivity index (χ0n) is 22.7. The van der Waals surface area contributed by atoms with Crippen molar-refractivity contribution in [1.29, 1.82) is 5.41 Å². The molecule has 0 bridgehead atoms. The van der Waals surface area contributed by atoms with Crippen molar-refractivity contribution < 1.29 is 14.8 Å². The molecule has 4 rings (SSSR count). The molecule has 8 nitrogen and oxygen atoms in total. The molecule has 2 N–H and O–H groups in total. The normalized spacial score (nSPS) is 12.2. The molecule has 0 amide bonds. The summed E-state index contributed by atoms with van der Waals surface area (Å²) < 4.78 is 3.48. The molecule has 38 heavy (non-hydrogen) atoms. The van der Waals surface area contributed by atoms with Crippen molar-refractivity contribution in [1.82, 2.24) is 9.13 Å². The van der Waals surface area contributed by atoms with Crippen LogP contribution >= 0.6 is 0 Å². The lowest BCUT2D eigenvalue weighted by Crippen LogP contribution is -2.28. The second kappa shape index (κ2) is 9.59. The van der Waals surface area contributed by atoms with Gasteiger partial charge < -0.3 is 14.2 Å². The average molecular weight is 515 g/mol. The van der Waals surface area contributed by atoms with E-state index in [0.29, 0.717) is 23.2 Å². The van der Waals surface area contributed by atoms with Crippen molar-refractivity contribution in [3.05, 3.63) is 98.6 Å². The summed E-state index contributed by atoms with van der Waals surface area (Å²) in [6, 6.07) is 17.3. The largest absolute Gasteiger partial charge is 0.507 e. The number of phenolic OH excluding ortho intramolecular Hbond substituents is 1. The molecule has 0 aliphatic carbocycles. The number of carbonyl (C=O) groups excluding carboxylic acids is 1. The van der Waals surface area contributed by atoms with E-state index in [1.165, 1.54) is 12.1 Å². The lowest BCUT2D eigenvalue weighted by atomic mass is 9.78. The number of Topliss-reactive ketones (excluding diaryl/α,β-unsaturated/α-hetero) is 1. The second-order valence-corrected chi connectivity index (χ2v) is 11.8. The Hall–Kier alpha value is -4.20. The van der Waals surface area contributed by atoms with Crippen LogP contribution in [-0.2, 0) is 23.9 Å². The minimum atomic E-state index is -0.441. The van der Waals surface area contributed by atoms with Crippen molar-refractivity contribution in [2.45, 2.75) is 65.5 Å². The van der Waals surface area contributed by atoms with E-state index >= 15 is 0 Å². The van der Waals surface area contributed by atoms with Gasteiger partial charge in [0, 0.05) is 28.8 Å². The number of phenols is 1. The van der Waals surface area contributed by atoms with E-state index < -0.39 is 4.92 Å². The van der Waals surface area contributed by atoms with E-state index in [9.17, 15) is 20.0 Å². The van der Waals surface area contributed by atoms with E-state index in [4.69, 9.17) is 5.41 Å². The van der Waals surface area contributed by atoms with Gasteiger partial charge in [0.1, 0.15) is 5.75 Å². The molecule has 0 fully saturated rings. The van der Waals surface area contributed by atoms with E-state index in [2.05, 4.69) is 0 Å². The molecule has 0 aliphatic heterocycles. The number of hydrogen-bond acceptors (Lipinski definition) is 5. The Bertz CT molecular complexity index is 1560. The number of nitro benzene ring substituents is 1. The van der Waals surface area contributed by atoms with Crippen molar-refractivity contribution in [3.8, 4) is 5.75 Å². The van der Waals surface area contributed by atoms with Gasteiger partial charge in [-0.1, -0.05) is 65.8 Å². The van der Waals surface area contributed by atoms with Gasteiger partial charge >= 0.3 is 0 Å². The SMILES string of the molecule is CC(C)(C)c1cc(C(=O)Cn2c(=N)n(Cc3ccc([N+](=O)[O-])cc3)c3ccccc32)cc(C(C)(C)C)c1O. The molecule has 0 spiro atoms. The highest BCUT2D eigenvalue weighted by atomic mass is 16.6. The van der Waals surface area contributed by atoms with E-state index in [-0.39, 0.29) is 40.2 Å². The maximum absolute atomic E-state index is 13.7. The maximum atomic E-state index is 13.7. The van der Waals surface area contributed by atoms with Gasteiger partial charge in [-0.2, -0.15) is 0 Å². The first kappa shape index (κ1) is 26.9. The van der Waals surface area contributed by atoms with Gasteiger partial charge in [0.15, 0.2) is 5.78 Å². The zero-order chi connectivity index (χ0) is 28.0. The van der Waals surface area contributed by atoms with Crippen molar-refractivity contribution in [2.24, 2.45) is 0 Å². The van der Waals surface area contributed by atoms with Gasteiger partial charge in [-0.15, -0.1) is 0 Å². The Labute approximate surface area is 221 Å². The number of aromatic hydroxyl groups is 1. The number of para-hydroxylation sites is 2. The molecule has 0 radical (unpaired) electrons. The number of aromatic nitrogens is 2. The van der Waals surface area contributed by atoms with Crippen LogP contribution in [0.25, 0.3) is 11.0 Å². The number of non-ortho nitro benzene ring substituents is 1. The molecule has 0 unspecified atom stereocenters. The molecular formula is C30H34N4O4. The number of rotatable bonds is 6. The van der Waals surface area contributed by atoms with Gasteiger partial charge in [-0.05, 0) is 40.7 Å². The average Bonchev–Trinajstić information content (AvgIpc) is 3.09. The predicted molar refractivity (Wildman–Crippen MR) is 148 cm³/mol. The quantitative estimate of drug-likeness (QED) is 0.185. The number of fused-ring (bicyclic) bond motifs is 1. The van der Waals surface area contributed by atoms with Crippen LogP contribution in [0, 0.1) is 15.5 Å². The number of carbonyl (C=O) groups is 1. The molecule has 1 aromatic heterocycles. The van der Waals surface area contributed by atoms with Crippen LogP contribution in [-0.4, -0.2) is 24.9 Å². The monoisotopic (exact) mass is 514 g/mol. The zero-order valence-corrected chi connectivity index (χ0v) is 22.7. The Morgan fingerprint density at radius 2 is 1.39 bits per heavy atom. The van der Waals surface area contributed by atoms with Crippen molar-refractivity contribution in [2.75, 3.05) is 0 Å². The smallest absolute Gasteiger partial charge is 0.269 e. The molecule has 0 atom stereocenters. The first-order valence-electron chi connectivity index (χ1n) is 12.6. The summed E-state index contributed by atoms with van der Waals surface area (Å²) in [7, 11) is 0. The third-order valence-electron chi connectivity index (χ3n) is 6.81. The number of ketones is 1. The van der Waals surface area contributed by atoms with Crippen LogP contribution in [0.3, 0.4) is 0 Å². The van der Waals surface area contributed by atoms with Crippen molar-refractivity contribution in [3.63, 3.8) is 0 Å². The molecule has 1 heterocycles. The standard InChI is InChI=1S/C30H34N4O4/c1-29(2,3)22-15-20(16-23(27(22)36)30(4,5)6)26(35)18-33-25-10-8-7-9-24(25)32(28(33)31)17-19-11-13-21(14-12-19)34(37)38/h7-16,31,36H,17-18H2,1-6H3. The summed E-state index contributed by atoms with van der Waals surface area (Å²) in [5.41, 5.74) is 3.71. The minimum Gasteiger partial charge on any atom is -0.507 e. The van der Waals surface area contributed by atoms with Crippen LogP contribution in [0.1, 0.15) is 68.6 Å². The van der Waals surface area contributed by atoms with Gasteiger partial charge in [-0.25, -0.2) is 0 Å². The Balaban J connectivity index is 1.77. The molecule has 4 aromatic rings. The first-order valence-corrected chi connectivity index (χ1v) is 12.6. The fourth-order valence-corrected chi connectivity index (χ4v) is 4.69. The highest BCUT2D eigenvalue weighted by molar-refractivity contribution is 5.97. The first-order chi connectivity index (χ1) is 17.7. The van der Waals surface area contributed by atoms with Gasteiger partial charge in [0.05, 0.1) is 29.0 Å². The topological polar surface area (TPSA) is 114 Å². The summed E-state index contributed by atoms with van der Waals surface area (Å²) >= 11 is 0. The second-order valence-electron chi connectivity index (χ2n) is 11.8. The Morgan fingerprint density at radius 3 is 1.87 bits per heavy atom. The van der Waals surface area contributed by atoms with Crippen molar-refractivity contribution >= 4 is 22.5 Å². The molecule has 0 saturated heterocycles. The molecule has 0 aliphatic rings.